The predicted molar refractivity (Wildman–Crippen MR) is 51.9 cm³/mol. The number of ether oxygens (including phenoxy) is 1. The van der Waals surface area contributed by atoms with E-state index in [9.17, 15) is 22.8 Å². The first-order chi connectivity index (χ1) is 8.29. The Morgan fingerprint density at radius 1 is 1.28 bits per heavy atom. The van der Waals surface area contributed by atoms with E-state index in [1.165, 1.54) is 10.0 Å². The van der Waals surface area contributed by atoms with Gasteiger partial charge in [0.05, 0.1) is 6.54 Å². The normalized spacial score (nSPS) is 31.3. The molecule has 9 heteroatoms. The molecule has 2 N–H and O–H groups in total. The van der Waals surface area contributed by atoms with Gasteiger partial charge in [-0.05, 0) is 6.42 Å². The minimum atomic E-state index is -4.99. The van der Waals surface area contributed by atoms with E-state index >= 15 is 0 Å². The maximum absolute atomic E-state index is 12.1. The summed E-state index contributed by atoms with van der Waals surface area (Å²) in [5.41, 5.74) is 5.13. The number of rotatable bonds is 1. The van der Waals surface area contributed by atoms with Crippen LogP contribution >= 0.6 is 0 Å². The fourth-order valence-corrected chi connectivity index (χ4v) is 2.31. The van der Waals surface area contributed by atoms with E-state index in [1.807, 2.05) is 0 Å². The Labute approximate surface area is 100 Å². The van der Waals surface area contributed by atoms with Gasteiger partial charge in [-0.25, -0.2) is 14.6 Å². The van der Waals surface area contributed by atoms with Crippen LogP contribution in [-0.2, 0) is 9.53 Å². The molecule has 2 saturated heterocycles. The lowest BCUT2D eigenvalue weighted by Crippen LogP contribution is -2.50. The first-order valence-electron chi connectivity index (χ1n) is 5.38. The number of halogens is 3. The third-order valence-corrected chi connectivity index (χ3v) is 3.16. The Morgan fingerprint density at radius 2 is 1.94 bits per heavy atom. The zero-order valence-electron chi connectivity index (χ0n) is 9.31. The number of fused-ring (bicyclic) bond motifs is 2. The lowest BCUT2D eigenvalue weighted by Gasteiger charge is -2.33. The van der Waals surface area contributed by atoms with E-state index in [0.717, 1.165) is 0 Å². The molecule has 0 aliphatic carbocycles. The molecular weight excluding hydrogens is 255 g/mol. The van der Waals surface area contributed by atoms with Gasteiger partial charge in [-0.1, -0.05) is 0 Å². The van der Waals surface area contributed by atoms with Crippen molar-refractivity contribution in [2.75, 3.05) is 19.6 Å². The topological polar surface area (TPSA) is 75.9 Å². The minimum absolute atomic E-state index is 0.0649. The highest BCUT2D eigenvalue weighted by Gasteiger charge is 2.47. The molecule has 0 radical (unpaired) electrons. The van der Waals surface area contributed by atoms with Crippen LogP contribution in [0.2, 0.25) is 0 Å². The molecule has 2 amide bonds. The first kappa shape index (κ1) is 12.9. The molecule has 2 rings (SSSR count). The van der Waals surface area contributed by atoms with Crippen molar-refractivity contribution in [2.24, 2.45) is 11.7 Å². The van der Waals surface area contributed by atoms with Gasteiger partial charge in [0.15, 0.2) is 0 Å². The fraction of sp³-hybridized carbons (Fsp3) is 0.778. The fourth-order valence-electron chi connectivity index (χ4n) is 2.31. The van der Waals surface area contributed by atoms with Crippen molar-refractivity contribution in [1.82, 2.24) is 10.0 Å². The Kier molecular flexibility index (Phi) is 3.09. The number of amides is 2. The zero-order valence-corrected chi connectivity index (χ0v) is 9.31. The molecule has 2 heterocycles. The summed E-state index contributed by atoms with van der Waals surface area (Å²) in [6.45, 7) is 0.772. The number of alkyl halides is 3. The van der Waals surface area contributed by atoms with Crippen LogP contribution in [0.3, 0.4) is 0 Å². The number of primary amides is 1. The van der Waals surface area contributed by atoms with Crippen molar-refractivity contribution in [3.05, 3.63) is 0 Å². The van der Waals surface area contributed by atoms with Gasteiger partial charge in [-0.3, -0.25) is 5.01 Å². The van der Waals surface area contributed by atoms with Crippen LogP contribution in [0.15, 0.2) is 0 Å². The van der Waals surface area contributed by atoms with Gasteiger partial charge >= 0.3 is 18.2 Å². The number of hydrogen-bond donors (Lipinski definition) is 1. The molecule has 6 nitrogen and oxygen atoms in total. The summed E-state index contributed by atoms with van der Waals surface area (Å²) in [6, 6.07) is -0.656. The van der Waals surface area contributed by atoms with Crippen molar-refractivity contribution in [3.63, 3.8) is 0 Å². The van der Waals surface area contributed by atoms with E-state index in [-0.39, 0.29) is 12.5 Å². The van der Waals surface area contributed by atoms with E-state index in [4.69, 9.17) is 5.73 Å². The van der Waals surface area contributed by atoms with Gasteiger partial charge < -0.3 is 10.5 Å². The van der Waals surface area contributed by atoms with E-state index in [0.29, 0.717) is 19.5 Å². The summed E-state index contributed by atoms with van der Waals surface area (Å²) < 4.78 is 40.7. The van der Waals surface area contributed by atoms with Crippen molar-refractivity contribution < 1.29 is 27.5 Å². The molecule has 18 heavy (non-hydrogen) atoms. The first-order valence-corrected chi connectivity index (χ1v) is 5.38. The number of carbonyl (C=O) groups is 2. The standard InChI is InChI=1S/C9H12F3N3O3/c10-9(11,12)7(16)18-6-4-14-3-5(6)1-2-15(14)8(13)17/h5-6H,1-4H2,(H2,13,17). The van der Waals surface area contributed by atoms with Crippen LogP contribution < -0.4 is 5.73 Å². The number of esters is 1. The molecule has 0 aromatic carbocycles. The van der Waals surface area contributed by atoms with Crippen molar-refractivity contribution in [1.29, 1.82) is 0 Å². The van der Waals surface area contributed by atoms with Crippen molar-refractivity contribution >= 4 is 12.0 Å². The second kappa shape index (κ2) is 4.30. The molecule has 3 atom stereocenters. The van der Waals surface area contributed by atoms with E-state index < -0.39 is 24.3 Å². The molecule has 2 aliphatic heterocycles. The van der Waals surface area contributed by atoms with Gasteiger partial charge in [-0.15, -0.1) is 0 Å². The van der Waals surface area contributed by atoms with Crippen LogP contribution in [0.5, 0.6) is 0 Å². The Morgan fingerprint density at radius 3 is 2.50 bits per heavy atom. The lowest BCUT2D eigenvalue weighted by molar-refractivity contribution is -0.205. The molecule has 102 valence electrons. The summed E-state index contributed by atoms with van der Waals surface area (Å²) in [4.78, 5) is 21.8. The Balaban J connectivity index is 1.99. The van der Waals surface area contributed by atoms with Crippen LogP contribution in [0.1, 0.15) is 6.42 Å². The van der Waals surface area contributed by atoms with E-state index in [2.05, 4.69) is 4.74 Å². The maximum Gasteiger partial charge on any atom is 0.490 e. The molecule has 0 aromatic heterocycles. The number of nitrogens with two attached hydrogens (primary N) is 1. The summed E-state index contributed by atoms with van der Waals surface area (Å²) in [6.07, 6.45) is -5.37. The van der Waals surface area contributed by atoms with Crippen molar-refractivity contribution in [2.45, 2.75) is 18.7 Å². The second-order valence-electron chi connectivity index (χ2n) is 4.32. The Bertz CT molecular complexity index is 374. The smallest absolute Gasteiger partial charge is 0.454 e. The van der Waals surface area contributed by atoms with Crippen LogP contribution in [0.4, 0.5) is 18.0 Å². The minimum Gasteiger partial charge on any atom is -0.454 e. The van der Waals surface area contributed by atoms with Gasteiger partial charge in [0.25, 0.3) is 0 Å². The molecule has 3 unspecified atom stereocenters. The lowest BCUT2D eigenvalue weighted by atomic mass is 10.0. The maximum atomic E-state index is 12.1. The zero-order chi connectivity index (χ0) is 13.5. The second-order valence-corrected chi connectivity index (χ2v) is 4.32. The van der Waals surface area contributed by atoms with Crippen LogP contribution in [-0.4, -0.2) is 53.9 Å². The summed E-state index contributed by atoms with van der Waals surface area (Å²) in [5.74, 6) is -2.38. The summed E-state index contributed by atoms with van der Waals surface area (Å²) >= 11 is 0. The average Bonchev–Trinajstić information content (AvgIpc) is 2.54. The van der Waals surface area contributed by atoms with Gasteiger partial charge in [-0.2, -0.15) is 13.2 Å². The van der Waals surface area contributed by atoms with Gasteiger partial charge in [0.1, 0.15) is 6.10 Å². The van der Waals surface area contributed by atoms with Gasteiger partial charge in [0.2, 0.25) is 0 Å². The molecule has 2 fully saturated rings. The monoisotopic (exact) mass is 267 g/mol. The third kappa shape index (κ3) is 2.35. The molecule has 2 bridgehead atoms. The van der Waals surface area contributed by atoms with Crippen LogP contribution in [0.25, 0.3) is 0 Å². The van der Waals surface area contributed by atoms with Gasteiger partial charge in [0, 0.05) is 19.0 Å². The van der Waals surface area contributed by atoms with Crippen LogP contribution in [0, 0.1) is 5.92 Å². The SMILES string of the molecule is NC(=O)N1CCC2CN1CC2OC(=O)C(F)(F)F. The van der Waals surface area contributed by atoms with E-state index in [1.54, 1.807) is 0 Å². The molecule has 0 aromatic rings. The summed E-state index contributed by atoms with van der Waals surface area (Å²) in [5, 5.41) is 2.78. The molecule has 2 aliphatic rings. The number of urea groups is 1. The molecule has 0 saturated carbocycles. The Hall–Kier alpha value is -1.51. The predicted octanol–water partition coefficient (Wildman–Crippen LogP) is 0.0917. The third-order valence-electron chi connectivity index (χ3n) is 3.16. The van der Waals surface area contributed by atoms with Crippen molar-refractivity contribution in [3.8, 4) is 0 Å². The highest BCUT2D eigenvalue weighted by Crippen LogP contribution is 2.31. The average molecular weight is 267 g/mol. The molecular formula is C9H12F3N3O3. The highest BCUT2D eigenvalue weighted by molar-refractivity contribution is 5.76. The largest absolute Gasteiger partial charge is 0.490 e. The number of hydrazine groups is 1. The summed E-state index contributed by atoms with van der Waals surface area (Å²) in [7, 11) is 0. The molecule has 0 spiro atoms. The number of carbonyl (C=O) groups excluding carboxylic acids is 2. The quantitative estimate of drug-likeness (QED) is 0.683. The number of hydrogen-bond acceptors (Lipinski definition) is 4. The number of nitrogens with zero attached hydrogens (tertiary/aromatic N) is 2. The highest BCUT2D eigenvalue weighted by atomic mass is 19.4.